The quantitative estimate of drug-likeness (QED) is 0.872. The van der Waals surface area contributed by atoms with Crippen LogP contribution in [0.5, 0.6) is 0 Å². The van der Waals surface area contributed by atoms with Crippen LogP contribution in [0.15, 0.2) is 0 Å². The molecule has 0 radical (unpaired) electrons. The van der Waals surface area contributed by atoms with Gasteiger partial charge in [-0.25, -0.2) is 4.98 Å². The van der Waals surface area contributed by atoms with Crippen molar-refractivity contribution >= 4 is 28.2 Å². The van der Waals surface area contributed by atoms with Crippen LogP contribution in [-0.2, 0) is 6.42 Å². The molecule has 0 aromatic carbocycles. The standard InChI is InChI=1S/C14H25N3S2/c1-5-10(9-18-4)17(3)14-16-13-11(15-2)7-6-8-12(13)19-14/h10-11,15H,5-9H2,1-4H3. The first-order chi connectivity index (χ1) is 9.21. The van der Waals surface area contributed by atoms with Gasteiger partial charge in [0, 0.05) is 23.7 Å². The Morgan fingerprint density at radius 2 is 2.37 bits per heavy atom. The predicted octanol–water partition coefficient (Wildman–Crippen LogP) is 3.32. The summed E-state index contributed by atoms with van der Waals surface area (Å²) >= 11 is 3.82. The highest BCUT2D eigenvalue weighted by Crippen LogP contribution is 2.37. The van der Waals surface area contributed by atoms with E-state index in [-0.39, 0.29) is 0 Å². The normalized spacial score (nSPS) is 20.1. The molecule has 108 valence electrons. The molecular formula is C14H25N3S2. The van der Waals surface area contributed by atoms with Gasteiger partial charge in [-0.1, -0.05) is 6.92 Å². The van der Waals surface area contributed by atoms with Crippen LogP contribution in [0.3, 0.4) is 0 Å². The van der Waals surface area contributed by atoms with Crippen molar-refractivity contribution in [2.45, 2.75) is 44.7 Å². The molecule has 2 atom stereocenters. The molecule has 0 aliphatic heterocycles. The van der Waals surface area contributed by atoms with Gasteiger partial charge in [0.2, 0.25) is 0 Å². The summed E-state index contributed by atoms with van der Waals surface area (Å²) in [6, 6.07) is 1.05. The predicted molar refractivity (Wildman–Crippen MR) is 87.7 cm³/mol. The largest absolute Gasteiger partial charge is 0.347 e. The molecule has 1 aliphatic carbocycles. The van der Waals surface area contributed by atoms with E-state index in [1.165, 1.54) is 47.1 Å². The average Bonchev–Trinajstić information content (AvgIpc) is 2.87. The van der Waals surface area contributed by atoms with Crippen molar-refractivity contribution in [3.05, 3.63) is 10.6 Å². The van der Waals surface area contributed by atoms with Crippen LogP contribution in [0.1, 0.15) is 42.8 Å². The fourth-order valence-corrected chi connectivity index (χ4v) is 4.73. The van der Waals surface area contributed by atoms with Gasteiger partial charge in [0.25, 0.3) is 0 Å². The number of anilines is 1. The number of rotatable bonds is 6. The van der Waals surface area contributed by atoms with Gasteiger partial charge in [-0.15, -0.1) is 11.3 Å². The monoisotopic (exact) mass is 299 g/mol. The number of thioether (sulfide) groups is 1. The first-order valence-electron chi connectivity index (χ1n) is 7.09. The van der Waals surface area contributed by atoms with Crippen LogP contribution in [0.2, 0.25) is 0 Å². The van der Waals surface area contributed by atoms with Gasteiger partial charge in [0.05, 0.1) is 11.7 Å². The van der Waals surface area contributed by atoms with Gasteiger partial charge in [-0.05, 0) is 39.0 Å². The molecule has 1 aromatic rings. The average molecular weight is 300 g/mol. The van der Waals surface area contributed by atoms with Crippen molar-refractivity contribution in [3.63, 3.8) is 0 Å². The fraction of sp³-hybridized carbons (Fsp3) is 0.786. The summed E-state index contributed by atoms with van der Waals surface area (Å²) < 4.78 is 0. The molecule has 2 rings (SSSR count). The Morgan fingerprint density at radius 1 is 1.58 bits per heavy atom. The third-order valence-electron chi connectivity index (χ3n) is 3.97. The van der Waals surface area contributed by atoms with Gasteiger partial charge in [-0.3, -0.25) is 0 Å². The molecule has 2 unspecified atom stereocenters. The number of thiazole rings is 1. The maximum atomic E-state index is 4.93. The summed E-state index contributed by atoms with van der Waals surface area (Å²) in [6.07, 6.45) is 7.07. The van der Waals surface area contributed by atoms with Crippen LogP contribution in [0.25, 0.3) is 0 Å². The highest BCUT2D eigenvalue weighted by Gasteiger charge is 2.25. The minimum absolute atomic E-state index is 0.461. The number of fused-ring (bicyclic) bond motifs is 1. The Morgan fingerprint density at radius 3 is 3.00 bits per heavy atom. The molecule has 1 aliphatic rings. The molecule has 0 saturated heterocycles. The van der Waals surface area contributed by atoms with Crippen LogP contribution < -0.4 is 10.2 Å². The highest BCUT2D eigenvalue weighted by atomic mass is 32.2. The van der Waals surface area contributed by atoms with Crippen LogP contribution in [0.4, 0.5) is 5.13 Å². The van der Waals surface area contributed by atoms with Crippen LogP contribution in [0, 0.1) is 0 Å². The summed E-state index contributed by atoms with van der Waals surface area (Å²) in [5, 5.41) is 4.60. The molecule has 1 N–H and O–H groups in total. The Hall–Kier alpha value is -0.260. The SMILES string of the molecule is CCC(CSC)N(C)c1nc2c(s1)CCCC2NC. The number of hydrogen-bond acceptors (Lipinski definition) is 5. The molecule has 0 spiro atoms. The Kier molecular flexibility index (Phi) is 5.54. The number of nitrogens with one attached hydrogen (secondary N) is 1. The molecule has 0 amide bonds. The van der Waals surface area contributed by atoms with E-state index in [1.807, 2.05) is 30.1 Å². The van der Waals surface area contributed by atoms with Crippen molar-refractivity contribution < 1.29 is 0 Å². The second-order valence-electron chi connectivity index (χ2n) is 5.17. The first-order valence-corrected chi connectivity index (χ1v) is 9.30. The Bertz CT molecular complexity index is 405. The maximum Gasteiger partial charge on any atom is 0.185 e. The van der Waals surface area contributed by atoms with Crippen molar-refractivity contribution in [1.29, 1.82) is 0 Å². The van der Waals surface area contributed by atoms with E-state index < -0.39 is 0 Å². The minimum atomic E-state index is 0.461. The van der Waals surface area contributed by atoms with Crippen LogP contribution >= 0.6 is 23.1 Å². The molecule has 1 aromatic heterocycles. The lowest BCUT2D eigenvalue weighted by Gasteiger charge is -2.26. The van der Waals surface area contributed by atoms with Crippen molar-refractivity contribution in [3.8, 4) is 0 Å². The number of hydrogen-bond donors (Lipinski definition) is 1. The molecule has 1 heterocycles. The summed E-state index contributed by atoms with van der Waals surface area (Å²) in [7, 11) is 4.24. The zero-order valence-corrected chi connectivity index (χ0v) is 14.0. The molecule has 5 heteroatoms. The lowest BCUT2D eigenvalue weighted by atomic mass is 9.98. The highest BCUT2D eigenvalue weighted by molar-refractivity contribution is 7.98. The number of aromatic nitrogens is 1. The first kappa shape index (κ1) is 15.1. The second-order valence-corrected chi connectivity index (χ2v) is 7.14. The number of nitrogens with zero attached hydrogens (tertiary/aromatic N) is 2. The van der Waals surface area contributed by atoms with E-state index in [9.17, 15) is 0 Å². The summed E-state index contributed by atoms with van der Waals surface area (Å²) in [5.74, 6) is 1.17. The van der Waals surface area contributed by atoms with E-state index >= 15 is 0 Å². The van der Waals surface area contributed by atoms with E-state index in [4.69, 9.17) is 4.98 Å². The molecule has 0 saturated carbocycles. The molecule has 0 bridgehead atoms. The third kappa shape index (κ3) is 3.26. The third-order valence-corrected chi connectivity index (χ3v) is 5.91. The van der Waals surface area contributed by atoms with E-state index in [0.29, 0.717) is 12.1 Å². The summed E-state index contributed by atoms with van der Waals surface area (Å²) in [6.45, 7) is 2.27. The molecule has 3 nitrogen and oxygen atoms in total. The van der Waals surface area contributed by atoms with Gasteiger partial charge in [0.15, 0.2) is 5.13 Å². The van der Waals surface area contributed by atoms with Gasteiger partial charge in [0.1, 0.15) is 0 Å². The number of aryl methyl sites for hydroxylation is 1. The zero-order chi connectivity index (χ0) is 13.8. The van der Waals surface area contributed by atoms with E-state index in [1.54, 1.807) is 0 Å². The van der Waals surface area contributed by atoms with Crippen LogP contribution in [-0.4, -0.2) is 37.1 Å². The van der Waals surface area contributed by atoms with Crippen molar-refractivity contribution in [2.24, 2.45) is 0 Å². The van der Waals surface area contributed by atoms with Gasteiger partial charge in [-0.2, -0.15) is 11.8 Å². The summed E-state index contributed by atoms with van der Waals surface area (Å²) in [4.78, 5) is 8.80. The van der Waals surface area contributed by atoms with E-state index in [2.05, 4.69) is 30.4 Å². The maximum absolute atomic E-state index is 4.93. The molecular weight excluding hydrogens is 274 g/mol. The Labute approximate surface area is 125 Å². The molecule has 19 heavy (non-hydrogen) atoms. The lowest BCUT2D eigenvalue weighted by molar-refractivity contribution is 0.489. The zero-order valence-electron chi connectivity index (χ0n) is 12.4. The fourth-order valence-electron chi connectivity index (χ4n) is 2.69. The lowest BCUT2D eigenvalue weighted by Crippen LogP contribution is -2.33. The second kappa shape index (κ2) is 6.95. The van der Waals surface area contributed by atoms with Gasteiger partial charge < -0.3 is 10.2 Å². The topological polar surface area (TPSA) is 28.2 Å². The minimum Gasteiger partial charge on any atom is -0.347 e. The summed E-state index contributed by atoms with van der Waals surface area (Å²) in [5.41, 5.74) is 1.31. The van der Waals surface area contributed by atoms with Gasteiger partial charge >= 0.3 is 0 Å². The van der Waals surface area contributed by atoms with Crippen molar-refractivity contribution in [1.82, 2.24) is 10.3 Å². The van der Waals surface area contributed by atoms with E-state index in [0.717, 1.165) is 0 Å². The van der Waals surface area contributed by atoms with Crippen molar-refractivity contribution in [2.75, 3.05) is 31.0 Å². The smallest absolute Gasteiger partial charge is 0.185 e. The Balaban J connectivity index is 2.19. The molecule has 0 fully saturated rings.